The summed E-state index contributed by atoms with van der Waals surface area (Å²) in [4.78, 5) is 12.5. The van der Waals surface area contributed by atoms with Crippen molar-refractivity contribution in [3.8, 4) is 22.7 Å². The van der Waals surface area contributed by atoms with Gasteiger partial charge in [0.2, 0.25) is 0 Å². The molecule has 0 aliphatic rings. The normalized spacial score (nSPS) is 11.0. The van der Waals surface area contributed by atoms with Gasteiger partial charge in [-0.1, -0.05) is 38.1 Å². The number of hydrogen-bond acceptors (Lipinski definition) is 4. The zero-order valence-corrected chi connectivity index (χ0v) is 15.3. The zero-order chi connectivity index (χ0) is 18.7. The second kappa shape index (κ2) is 7.54. The molecule has 0 amide bonds. The van der Waals surface area contributed by atoms with Gasteiger partial charge in [-0.15, -0.1) is 0 Å². The van der Waals surface area contributed by atoms with Gasteiger partial charge >= 0.3 is 0 Å². The van der Waals surface area contributed by atoms with Crippen molar-refractivity contribution in [2.45, 2.75) is 20.4 Å². The molecule has 0 aliphatic heterocycles. The van der Waals surface area contributed by atoms with Gasteiger partial charge in [0, 0.05) is 18.0 Å². The maximum absolute atomic E-state index is 12.5. The molecule has 134 valence electrons. The van der Waals surface area contributed by atoms with E-state index in [9.17, 15) is 4.79 Å². The highest BCUT2D eigenvalue weighted by Crippen LogP contribution is 2.26. The number of carbonyl (C=O) groups is 1. The second-order valence-electron chi connectivity index (χ2n) is 6.44. The van der Waals surface area contributed by atoms with Gasteiger partial charge in [-0.05, 0) is 35.9 Å². The van der Waals surface area contributed by atoms with E-state index in [-0.39, 0.29) is 11.7 Å². The van der Waals surface area contributed by atoms with Crippen molar-refractivity contribution in [1.82, 2.24) is 9.78 Å². The Balaban J connectivity index is 2.11. The minimum atomic E-state index is -0.110. The van der Waals surface area contributed by atoms with E-state index in [0.29, 0.717) is 12.2 Å². The summed E-state index contributed by atoms with van der Waals surface area (Å²) in [5.41, 5.74) is 9.93. The topological polar surface area (TPSA) is 70.1 Å². The Morgan fingerprint density at radius 2 is 1.77 bits per heavy atom. The molecule has 5 heteroatoms. The number of ketones is 1. The highest BCUT2D eigenvalue weighted by molar-refractivity contribution is 5.96. The minimum absolute atomic E-state index is 0.0251. The predicted molar refractivity (Wildman–Crippen MR) is 103 cm³/mol. The molecule has 0 fully saturated rings. The molecule has 1 heterocycles. The number of benzene rings is 2. The number of nitrogens with zero attached hydrogens (tertiary/aromatic N) is 2. The van der Waals surface area contributed by atoms with Crippen LogP contribution in [0.25, 0.3) is 16.9 Å². The van der Waals surface area contributed by atoms with Crippen LogP contribution in [0, 0.1) is 5.92 Å². The third-order valence-electron chi connectivity index (χ3n) is 4.29. The summed E-state index contributed by atoms with van der Waals surface area (Å²) in [6.45, 7) is 4.25. The number of rotatable bonds is 6. The molecule has 0 atom stereocenters. The highest BCUT2D eigenvalue weighted by atomic mass is 16.5. The Labute approximate surface area is 153 Å². The molecular formula is C21H23N3O2. The molecule has 0 bridgehead atoms. The van der Waals surface area contributed by atoms with Crippen LogP contribution in [0.15, 0.2) is 54.6 Å². The average molecular weight is 349 g/mol. The Hall–Kier alpha value is -2.92. The summed E-state index contributed by atoms with van der Waals surface area (Å²) in [6.07, 6.45) is 0. The summed E-state index contributed by atoms with van der Waals surface area (Å²) < 4.78 is 7.02. The van der Waals surface area contributed by atoms with E-state index in [0.717, 1.165) is 28.3 Å². The molecule has 0 unspecified atom stereocenters. The third kappa shape index (κ3) is 3.53. The number of nitrogens with two attached hydrogens (primary N) is 1. The van der Waals surface area contributed by atoms with Crippen molar-refractivity contribution in [1.29, 1.82) is 0 Å². The van der Waals surface area contributed by atoms with Gasteiger partial charge in [0.1, 0.15) is 11.4 Å². The first-order valence-corrected chi connectivity index (χ1v) is 8.61. The molecular weight excluding hydrogens is 326 g/mol. The van der Waals surface area contributed by atoms with Gasteiger partial charge in [-0.25, -0.2) is 4.68 Å². The molecule has 0 spiro atoms. The first kappa shape index (κ1) is 17.9. The largest absolute Gasteiger partial charge is 0.497 e. The molecule has 26 heavy (non-hydrogen) atoms. The summed E-state index contributed by atoms with van der Waals surface area (Å²) in [5, 5.41) is 4.58. The summed E-state index contributed by atoms with van der Waals surface area (Å²) in [5.74, 6) is 0.687. The molecule has 3 aromatic rings. The van der Waals surface area contributed by atoms with Crippen molar-refractivity contribution in [3.05, 3.63) is 65.9 Å². The Morgan fingerprint density at radius 1 is 1.12 bits per heavy atom. The SMILES string of the molecule is COc1ccc(-n2nc(C(=O)C(C)C)cc2-c2ccc(CN)cc2)cc1. The van der Waals surface area contributed by atoms with Crippen molar-refractivity contribution in [2.75, 3.05) is 7.11 Å². The smallest absolute Gasteiger partial charge is 0.185 e. The Kier molecular flexibility index (Phi) is 5.19. The van der Waals surface area contributed by atoms with E-state index in [1.54, 1.807) is 11.8 Å². The number of methoxy groups -OCH3 is 1. The number of aromatic nitrogens is 2. The standard InChI is InChI=1S/C21H23N3O2/c1-14(2)21(25)19-12-20(16-6-4-15(13-22)5-7-16)24(23-19)17-8-10-18(26-3)11-9-17/h4-12,14H,13,22H2,1-3H3. The molecule has 0 saturated heterocycles. The fourth-order valence-corrected chi connectivity index (χ4v) is 2.73. The fourth-order valence-electron chi connectivity index (χ4n) is 2.73. The third-order valence-corrected chi connectivity index (χ3v) is 4.29. The van der Waals surface area contributed by atoms with Crippen LogP contribution in [0.1, 0.15) is 29.9 Å². The fraction of sp³-hybridized carbons (Fsp3) is 0.238. The van der Waals surface area contributed by atoms with Crippen molar-refractivity contribution < 1.29 is 9.53 Å². The molecule has 0 radical (unpaired) electrons. The van der Waals surface area contributed by atoms with Gasteiger partial charge in [0.05, 0.1) is 18.5 Å². The number of carbonyl (C=O) groups excluding carboxylic acids is 1. The second-order valence-corrected chi connectivity index (χ2v) is 6.44. The van der Waals surface area contributed by atoms with Crippen LogP contribution in [0.4, 0.5) is 0 Å². The minimum Gasteiger partial charge on any atom is -0.497 e. The van der Waals surface area contributed by atoms with Crippen LogP contribution >= 0.6 is 0 Å². The van der Waals surface area contributed by atoms with Gasteiger partial charge in [-0.2, -0.15) is 5.10 Å². The predicted octanol–water partition coefficient (Wildman–Crippen LogP) is 3.85. The van der Waals surface area contributed by atoms with Crippen LogP contribution in [-0.4, -0.2) is 22.7 Å². The summed E-state index contributed by atoms with van der Waals surface area (Å²) >= 11 is 0. The van der Waals surface area contributed by atoms with Gasteiger partial charge in [0.25, 0.3) is 0 Å². The molecule has 2 N–H and O–H groups in total. The average Bonchev–Trinajstić information content (AvgIpc) is 3.12. The van der Waals surface area contributed by atoms with Crippen LogP contribution in [0.2, 0.25) is 0 Å². The van der Waals surface area contributed by atoms with Gasteiger partial charge < -0.3 is 10.5 Å². The molecule has 1 aromatic heterocycles. The van der Waals surface area contributed by atoms with Crippen molar-refractivity contribution >= 4 is 5.78 Å². The lowest BCUT2D eigenvalue weighted by molar-refractivity contribution is 0.0934. The van der Waals surface area contributed by atoms with E-state index in [2.05, 4.69) is 5.10 Å². The van der Waals surface area contributed by atoms with Crippen molar-refractivity contribution in [2.24, 2.45) is 11.7 Å². The first-order chi connectivity index (χ1) is 12.5. The summed E-state index contributed by atoms with van der Waals surface area (Å²) in [7, 11) is 1.63. The quantitative estimate of drug-likeness (QED) is 0.686. The maximum atomic E-state index is 12.5. The number of Topliss-reactive ketones (excluding diaryl/α,β-unsaturated/α-hetero) is 1. The Morgan fingerprint density at radius 3 is 2.31 bits per heavy atom. The van der Waals surface area contributed by atoms with Gasteiger partial charge in [0.15, 0.2) is 5.78 Å². The van der Waals surface area contributed by atoms with Gasteiger partial charge in [-0.3, -0.25) is 4.79 Å². The molecule has 2 aromatic carbocycles. The zero-order valence-electron chi connectivity index (χ0n) is 15.3. The monoisotopic (exact) mass is 349 g/mol. The van der Waals surface area contributed by atoms with Crippen LogP contribution in [-0.2, 0) is 6.54 Å². The molecule has 3 rings (SSSR count). The lowest BCUT2D eigenvalue weighted by atomic mass is 10.0. The molecule has 0 aliphatic carbocycles. The maximum Gasteiger partial charge on any atom is 0.185 e. The summed E-state index contributed by atoms with van der Waals surface area (Å²) in [6, 6.07) is 17.4. The molecule has 0 saturated carbocycles. The van der Waals surface area contributed by atoms with Crippen LogP contribution in [0.5, 0.6) is 5.75 Å². The van der Waals surface area contributed by atoms with Crippen LogP contribution < -0.4 is 10.5 Å². The van der Waals surface area contributed by atoms with E-state index in [1.807, 2.05) is 68.4 Å². The lowest BCUT2D eigenvalue weighted by Gasteiger charge is -2.09. The van der Waals surface area contributed by atoms with E-state index in [1.165, 1.54) is 0 Å². The first-order valence-electron chi connectivity index (χ1n) is 8.61. The van der Waals surface area contributed by atoms with E-state index >= 15 is 0 Å². The van der Waals surface area contributed by atoms with Crippen LogP contribution in [0.3, 0.4) is 0 Å². The molecule has 5 nitrogen and oxygen atoms in total. The Bertz CT molecular complexity index is 829. The number of hydrogen-bond donors (Lipinski definition) is 1. The van der Waals surface area contributed by atoms with E-state index < -0.39 is 0 Å². The van der Waals surface area contributed by atoms with Crippen molar-refractivity contribution in [3.63, 3.8) is 0 Å². The lowest BCUT2D eigenvalue weighted by Crippen LogP contribution is -2.09. The highest BCUT2D eigenvalue weighted by Gasteiger charge is 2.19. The van der Waals surface area contributed by atoms with E-state index in [4.69, 9.17) is 10.5 Å². The number of ether oxygens (including phenoxy) is 1.